The molecule has 0 bridgehead atoms. The lowest BCUT2D eigenvalue weighted by Crippen LogP contribution is -2.25. The molecule has 0 saturated heterocycles. The highest BCUT2D eigenvalue weighted by Gasteiger charge is 2.05. The Morgan fingerprint density at radius 1 is 1.45 bits per heavy atom. The standard InChI is InChI=1S/C16H20BrN3O2/c1-22-15-5-3-13(11-14(15)17)4-6-16(21)19-7-2-9-20-10-8-18-12-20/h3,5,8,10-12H,2,4,6-7,9H2,1H3,(H,19,21). The third-order valence-electron chi connectivity index (χ3n) is 3.33. The molecule has 0 radical (unpaired) electrons. The molecule has 0 aliphatic heterocycles. The molecule has 0 aliphatic rings. The van der Waals surface area contributed by atoms with Crippen molar-refractivity contribution in [2.24, 2.45) is 0 Å². The maximum absolute atomic E-state index is 11.8. The normalized spacial score (nSPS) is 10.5. The Hall–Kier alpha value is -1.82. The van der Waals surface area contributed by atoms with E-state index in [1.165, 1.54) is 0 Å². The maximum Gasteiger partial charge on any atom is 0.220 e. The topological polar surface area (TPSA) is 56.1 Å². The number of benzene rings is 1. The van der Waals surface area contributed by atoms with E-state index in [1.54, 1.807) is 19.6 Å². The minimum absolute atomic E-state index is 0.0811. The summed E-state index contributed by atoms with van der Waals surface area (Å²) in [6, 6.07) is 5.88. The summed E-state index contributed by atoms with van der Waals surface area (Å²) in [5.41, 5.74) is 1.11. The fourth-order valence-corrected chi connectivity index (χ4v) is 2.71. The van der Waals surface area contributed by atoms with Gasteiger partial charge in [-0.3, -0.25) is 4.79 Å². The Balaban J connectivity index is 1.66. The Kier molecular flexibility index (Phi) is 6.45. The molecule has 0 atom stereocenters. The van der Waals surface area contributed by atoms with Crippen LogP contribution in [-0.4, -0.2) is 29.1 Å². The average molecular weight is 366 g/mol. The maximum atomic E-state index is 11.8. The Morgan fingerprint density at radius 3 is 3.00 bits per heavy atom. The summed E-state index contributed by atoms with van der Waals surface area (Å²) in [6.07, 6.45) is 7.56. The van der Waals surface area contributed by atoms with Crippen LogP contribution in [0.3, 0.4) is 0 Å². The van der Waals surface area contributed by atoms with Crippen molar-refractivity contribution >= 4 is 21.8 Å². The molecular formula is C16H20BrN3O2. The van der Waals surface area contributed by atoms with E-state index in [1.807, 2.05) is 29.0 Å². The second-order valence-corrected chi connectivity index (χ2v) is 5.83. The van der Waals surface area contributed by atoms with Gasteiger partial charge in [-0.2, -0.15) is 0 Å². The fourth-order valence-electron chi connectivity index (χ4n) is 2.12. The largest absolute Gasteiger partial charge is 0.496 e. The molecule has 1 aromatic heterocycles. The van der Waals surface area contributed by atoms with Crippen LogP contribution in [0.1, 0.15) is 18.4 Å². The Morgan fingerprint density at radius 2 is 2.32 bits per heavy atom. The van der Waals surface area contributed by atoms with Gasteiger partial charge in [0.25, 0.3) is 0 Å². The third-order valence-corrected chi connectivity index (χ3v) is 3.95. The summed E-state index contributed by atoms with van der Waals surface area (Å²) in [6.45, 7) is 1.55. The van der Waals surface area contributed by atoms with Crippen LogP contribution in [0.25, 0.3) is 0 Å². The minimum atomic E-state index is 0.0811. The zero-order chi connectivity index (χ0) is 15.8. The van der Waals surface area contributed by atoms with Crippen LogP contribution in [-0.2, 0) is 17.8 Å². The monoisotopic (exact) mass is 365 g/mol. The number of hydrogen-bond donors (Lipinski definition) is 1. The fraction of sp³-hybridized carbons (Fsp3) is 0.375. The summed E-state index contributed by atoms with van der Waals surface area (Å²) < 4.78 is 8.10. The van der Waals surface area contributed by atoms with Gasteiger partial charge in [-0.25, -0.2) is 4.98 Å². The lowest BCUT2D eigenvalue weighted by atomic mass is 10.1. The van der Waals surface area contributed by atoms with E-state index < -0.39 is 0 Å². The first-order valence-electron chi connectivity index (χ1n) is 7.24. The van der Waals surface area contributed by atoms with Crippen LogP contribution >= 0.6 is 15.9 Å². The molecule has 1 amide bonds. The van der Waals surface area contributed by atoms with Crippen LogP contribution in [0.5, 0.6) is 5.75 Å². The van der Waals surface area contributed by atoms with E-state index in [4.69, 9.17) is 4.74 Å². The van der Waals surface area contributed by atoms with Crippen molar-refractivity contribution in [3.05, 3.63) is 47.0 Å². The van der Waals surface area contributed by atoms with E-state index in [2.05, 4.69) is 26.2 Å². The number of aryl methyl sites for hydroxylation is 2. The van der Waals surface area contributed by atoms with Crippen molar-refractivity contribution in [1.29, 1.82) is 0 Å². The smallest absolute Gasteiger partial charge is 0.220 e. The number of aromatic nitrogens is 2. The Labute approximate surface area is 138 Å². The summed E-state index contributed by atoms with van der Waals surface area (Å²) in [5.74, 6) is 0.880. The minimum Gasteiger partial charge on any atom is -0.496 e. The predicted molar refractivity (Wildman–Crippen MR) is 88.9 cm³/mol. The Bertz CT molecular complexity index is 599. The van der Waals surface area contributed by atoms with Gasteiger partial charge in [-0.1, -0.05) is 6.07 Å². The van der Waals surface area contributed by atoms with Crippen molar-refractivity contribution in [2.75, 3.05) is 13.7 Å². The average Bonchev–Trinajstić information content (AvgIpc) is 3.03. The molecule has 6 heteroatoms. The van der Waals surface area contributed by atoms with Crippen molar-refractivity contribution < 1.29 is 9.53 Å². The molecular weight excluding hydrogens is 346 g/mol. The van der Waals surface area contributed by atoms with Gasteiger partial charge in [-0.05, 0) is 46.5 Å². The number of amides is 1. The van der Waals surface area contributed by atoms with Gasteiger partial charge in [0.15, 0.2) is 0 Å². The number of halogens is 1. The quantitative estimate of drug-likeness (QED) is 0.731. The molecule has 22 heavy (non-hydrogen) atoms. The molecule has 0 unspecified atom stereocenters. The third kappa shape index (κ3) is 5.18. The zero-order valence-electron chi connectivity index (χ0n) is 12.6. The highest BCUT2D eigenvalue weighted by atomic mass is 79.9. The molecule has 0 spiro atoms. The molecule has 5 nitrogen and oxygen atoms in total. The molecule has 0 fully saturated rings. The molecule has 118 valence electrons. The second kappa shape index (κ2) is 8.58. The van der Waals surface area contributed by atoms with Crippen LogP contribution in [0, 0.1) is 0 Å². The lowest BCUT2D eigenvalue weighted by molar-refractivity contribution is -0.121. The van der Waals surface area contributed by atoms with Gasteiger partial charge in [0.05, 0.1) is 17.9 Å². The summed E-state index contributed by atoms with van der Waals surface area (Å²) in [4.78, 5) is 15.8. The van der Waals surface area contributed by atoms with Crippen molar-refractivity contribution in [3.8, 4) is 5.75 Å². The number of rotatable bonds is 8. The second-order valence-electron chi connectivity index (χ2n) is 4.97. The number of carbonyl (C=O) groups is 1. The lowest BCUT2D eigenvalue weighted by Gasteiger charge is -2.07. The first kappa shape index (κ1) is 16.5. The highest BCUT2D eigenvalue weighted by molar-refractivity contribution is 9.10. The van der Waals surface area contributed by atoms with Gasteiger partial charge >= 0.3 is 0 Å². The first-order chi connectivity index (χ1) is 10.7. The zero-order valence-corrected chi connectivity index (χ0v) is 14.2. The van der Waals surface area contributed by atoms with Crippen molar-refractivity contribution in [1.82, 2.24) is 14.9 Å². The molecule has 1 N–H and O–H groups in total. The predicted octanol–water partition coefficient (Wildman–Crippen LogP) is 2.79. The van der Waals surface area contributed by atoms with Gasteiger partial charge in [0.1, 0.15) is 5.75 Å². The van der Waals surface area contributed by atoms with Crippen molar-refractivity contribution in [2.45, 2.75) is 25.8 Å². The molecule has 0 aliphatic carbocycles. The number of ether oxygens (including phenoxy) is 1. The van der Waals surface area contributed by atoms with E-state index >= 15 is 0 Å². The number of imidazole rings is 1. The summed E-state index contributed by atoms with van der Waals surface area (Å²) in [5, 5.41) is 2.94. The molecule has 2 aromatic rings. The molecule has 1 aromatic carbocycles. The van der Waals surface area contributed by atoms with Crippen LogP contribution in [0.2, 0.25) is 0 Å². The SMILES string of the molecule is COc1ccc(CCC(=O)NCCCn2ccnc2)cc1Br. The molecule has 0 saturated carbocycles. The molecule has 2 rings (SSSR count). The van der Waals surface area contributed by atoms with Gasteiger partial charge in [-0.15, -0.1) is 0 Å². The number of nitrogens with zero attached hydrogens (tertiary/aromatic N) is 2. The summed E-state index contributed by atoms with van der Waals surface area (Å²) >= 11 is 3.45. The van der Waals surface area contributed by atoms with Crippen LogP contribution < -0.4 is 10.1 Å². The van der Waals surface area contributed by atoms with Gasteiger partial charge in [0, 0.05) is 31.9 Å². The molecule has 1 heterocycles. The number of methoxy groups -OCH3 is 1. The number of nitrogens with one attached hydrogen (secondary N) is 1. The van der Waals surface area contributed by atoms with Crippen LogP contribution in [0.4, 0.5) is 0 Å². The highest BCUT2D eigenvalue weighted by Crippen LogP contribution is 2.25. The number of carbonyl (C=O) groups excluding carboxylic acids is 1. The van der Waals surface area contributed by atoms with Crippen molar-refractivity contribution in [3.63, 3.8) is 0 Å². The van der Waals surface area contributed by atoms with E-state index in [-0.39, 0.29) is 5.91 Å². The number of hydrogen-bond acceptors (Lipinski definition) is 3. The van der Waals surface area contributed by atoms with Crippen LogP contribution in [0.15, 0.2) is 41.4 Å². The van der Waals surface area contributed by atoms with E-state index in [0.717, 1.165) is 35.2 Å². The first-order valence-corrected chi connectivity index (χ1v) is 8.03. The van der Waals surface area contributed by atoms with Gasteiger partial charge < -0.3 is 14.6 Å². The van der Waals surface area contributed by atoms with Gasteiger partial charge in [0.2, 0.25) is 5.91 Å². The van der Waals surface area contributed by atoms with E-state index in [0.29, 0.717) is 13.0 Å². The van der Waals surface area contributed by atoms with E-state index in [9.17, 15) is 4.79 Å². The summed E-state index contributed by atoms with van der Waals surface area (Å²) in [7, 11) is 1.64.